The quantitative estimate of drug-likeness (QED) is 0.910. The molecule has 0 aliphatic carbocycles. The fourth-order valence-corrected chi connectivity index (χ4v) is 3.47. The summed E-state index contributed by atoms with van der Waals surface area (Å²) in [4.78, 5) is 24.4. The number of amides is 1. The van der Waals surface area contributed by atoms with E-state index in [0.717, 1.165) is 32.6 Å². The summed E-state index contributed by atoms with van der Waals surface area (Å²) in [6, 6.07) is 6.43. The zero-order valence-electron chi connectivity index (χ0n) is 15.4. The van der Waals surface area contributed by atoms with Gasteiger partial charge < -0.3 is 9.88 Å². The van der Waals surface area contributed by atoms with Crippen LogP contribution in [0.3, 0.4) is 0 Å². The Kier molecular flexibility index (Phi) is 5.53. The lowest BCUT2D eigenvalue weighted by atomic mass is 10.1. The molecule has 0 radical (unpaired) electrons. The molecule has 1 amide bonds. The Hall–Kier alpha value is -2.14. The van der Waals surface area contributed by atoms with Crippen molar-refractivity contribution in [1.82, 2.24) is 19.8 Å². The van der Waals surface area contributed by atoms with Gasteiger partial charge in [0.2, 0.25) is 0 Å². The van der Waals surface area contributed by atoms with Gasteiger partial charge in [0, 0.05) is 50.8 Å². The minimum absolute atomic E-state index is 0.115. The van der Waals surface area contributed by atoms with Gasteiger partial charge in [-0.1, -0.05) is 19.9 Å². The Morgan fingerprint density at radius 1 is 1.24 bits per heavy atom. The second kappa shape index (κ2) is 7.83. The van der Waals surface area contributed by atoms with E-state index in [0.29, 0.717) is 17.7 Å². The van der Waals surface area contributed by atoms with Gasteiger partial charge in [0.15, 0.2) is 0 Å². The maximum atomic E-state index is 12.7. The van der Waals surface area contributed by atoms with Crippen molar-refractivity contribution in [3.63, 3.8) is 0 Å². The number of aromatic amines is 1. The molecule has 3 heterocycles. The molecule has 3 rings (SSSR count). The van der Waals surface area contributed by atoms with Crippen molar-refractivity contribution >= 4 is 5.91 Å². The van der Waals surface area contributed by atoms with Crippen molar-refractivity contribution in [2.75, 3.05) is 26.2 Å². The number of nitrogens with zero attached hydrogens (tertiary/aromatic N) is 3. The maximum Gasteiger partial charge on any atom is 0.270 e. The van der Waals surface area contributed by atoms with E-state index in [1.807, 2.05) is 29.4 Å². The lowest BCUT2D eigenvalue weighted by Crippen LogP contribution is -2.49. The summed E-state index contributed by atoms with van der Waals surface area (Å²) in [5.41, 5.74) is 3.15. The van der Waals surface area contributed by atoms with Crippen LogP contribution in [0.2, 0.25) is 0 Å². The van der Waals surface area contributed by atoms with Crippen LogP contribution in [-0.2, 0) is 6.42 Å². The Labute approximate surface area is 150 Å². The van der Waals surface area contributed by atoms with Crippen molar-refractivity contribution in [3.8, 4) is 0 Å². The summed E-state index contributed by atoms with van der Waals surface area (Å²) >= 11 is 0. The molecule has 0 spiro atoms. The third-order valence-corrected chi connectivity index (χ3v) is 4.93. The van der Waals surface area contributed by atoms with Gasteiger partial charge in [0.25, 0.3) is 5.91 Å². The smallest absolute Gasteiger partial charge is 0.270 e. The van der Waals surface area contributed by atoms with Gasteiger partial charge in [-0.2, -0.15) is 0 Å². The molecular weight excluding hydrogens is 312 g/mol. The molecule has 2 aromatic rings. The fraction of sp³-hybridized carbons (Fsp3) is 0.500. The van der Waals surface area contributed by atoms with Crippen molar-refractivity contribution in [2.45, 2.75) is 33.2 Å². The van der Waals surface area contributed by atoms with E-state index in [-0.39, 0.29) is 5.91 Å². The number of carbonyl (C=O) groups is 1. The molecule has 5 nitrogen and oxygen atoms in total. The van der Waals surface area contributed by atoms with Crippen LogP contribution >= 0.6 is 0 Å². The first kappa shape index (κ1) is 17.7. The normalized spacial score (nSPS) is 17.0. The van der Waals surface area contributed by atoms with Crippen LogP contribution in [0.1, 0.15) is 48.4 Å². The first-order chi connectivity index (χ1) is 12.0. The lowest BCUT2D eigenvalue weighted by Gasteiger charge is -2.38. The number of rotatable bonds is 5. The molecule has 1 fully saturated rings. The molecule has 25 heavy (non-hydrogen) atoms. The molecule has 134 valence electrons. The summed E-state index contributed by atoms with van der Waals surface area (Å²) < 4.78 is 0. The maximum absolute atomic E-state index is 12.7. The molecular formula is C20H28N4O. The molecule has 0 bridgehead atoms. The monoisotopic (exact) mass is 340 g/mol. The Bertz CT molecular complexity index is 687. The third-order valence-electron chi connectivity index (χ3n) is 4.93. The summed E-state index contributed by atoms with van der Waals surface area (Å²) in [5.74, 6) is 0.708. The number of piperazine rings is 1. The molecule has 1 aliphatic rings. The van der Waals surface area contributed by atoms with E-state index in [1.54, 1.807) is 6.20 Å². The third kappa shape index (κ3) is 4.28. The van der Waals surface area contributed by atoms with Crippen LogP contribution in [0.4, 0.5) is 0 Å². The SMILES string of the molecule is CC(C)Cc1c[nH]c(C(=O)N2CCN(C(C)c3cccnc3)CC2)c1. The Balaban J connectivity index is 1.56. The second-order valence-corrected chi connectivity index (χ2v) is 7.31. The average Bonchev–Trinajstić information content (AvgIpc) is 3.09. The number of carbonyl (C=O) groups excluding carboxylic acids is 1. The highest BCUT2D eigenvalue weighted by atomic mass is 16.2. The largest absolute Gasteiger partial charge is 0.357 e. The molecule has 1 atom stereocenters. The highest BCUT2D eigenvalue weighted by molar-refractivity contribution is 5.92. The zero-order valence-corrected chi connectivity index (χ0v) is 15.4. The number of nitrogens with one attached hydrogen (secondary N) is 1. The van der Waals surface area contributed by atoms with E-state index >= 15 is 0 Å². The Morgan fingerprint density at radius 2 is 2.00 bits per heavy atom. The van der Waals surface area contributed by atoms with Crippen molar-refractivity contribution in [3.05, 3.63) is 53.6 Å². The molecule has 1 unspecified atom stereocenters. The predicted octanol–water partition coefficient (Wildman–Crippen LogP) is 3.13. The van der Waals surface area contributed by atoms with Crippen LogP contribution in [0, 0.1) is 5.92 Å². The molecule has 1 saturated heterocycles. The minimum Gasteiger partial charge on any atom is -0.357 e. The van der Waals surface area contributed by atoms with Crippen molar-refractivity contribution < 1.29 is 4.79 Å². The van der Waals surface area contributed by atoms with E-state index in [9.17, 15) is 4.79 Å². The minimum atomic E-state index is 0.115. The highest BCUT2D eigenvalue weighted by Gasteiger charge is 2.26. The second-order valence-electron chi connectivity index (χ2n) is 7.31. The summed E-state index contributed by atoms with van der Waals surface area (Å²) in [7, 11) is 0. The van der Waals surface area contributed by atoms with Gasteiger partial charge in [-0.05, 0) is 42.5 Å². The number of aromatic nitrogens is 2. The van der Waals surface area contributed by atoms with E-state index in [1.165, 1.54) is 11.1 Å². The van der Waals surface area contributed by atoms with Crippen LogP contribution in [0.15, 0.2) is 36.8 Å². The van der Waals surface area contributed by atoms with Gasteiger partial charge >= 0.3 is 0 Å². The zero-order chi connectivity index (χ0) is 17.8. The topological polar surface area (TPSA) is 52.2 Å². The van der Waals surface area contributed by atoms with E-state index in [4.69, 9.17) is 0 Å². The first-order valence-electron chi connectivity index (χ1n) is 9.15. The average molecular weight is 340 g/mol. The number of pyridine rings is 1. The van der Waals surface area contributed by atoms with Gasteiger partial charge in [0.05, 0.1) is 0 Å². The molecule has 1 aliphatic heterocycles. The highest BCUT2D eigenvalue weighted by Crippen LogP contribution is 2.21. The van der Waals surface area contributed by atoms with E-state index < -0.39 is 0 Å². The summed E-state index contributed by atoms with van der Waals surface area (Å²) in [6.45, 7) is 9.90. The van der Waals surface area contributed by atoms with Crippen LogP contribution in [-0.4, -0.2) is 51.9 Å². The van der Waals surface area contributed by atoms with E-state index in [2.05, 4.69) is 41.7 Å². The van der Waals surface area contributed by atoms with Crippen molar-refractivity contribution in [2.24, 2.45) is 5.92 Å². The van der Waals surface area contributed by atoms with Gasteiger partial charge in [0.1, 0.15) is 5.69 Å². The summed E-state index contributed by atoms with van der Waals surface area (Å²) in [6.07, 6.45) is 6.70. The van der Waals surface area contributed by atoms with Gasteiger partial charge in [-0.25, -0.2) is 0 Å². The Morgan fingerprint density at radius 3 is 2.64 bits per heavy atom. The van der Waals surface area contributed by atoms with Crippen LogP contribution in [0.5, 0.6) is 0 Å². The molecule has 2 aromatic heterocycles. The van der Waals surface area contributed by atoms with Crippen LogP contribution < -0.4 is 0 Å². The summed E-state index contributed by atoms with van der Waals surface area (Å²) in [5, 5.41) is 0. The predicted molar refractivity (Wildman–Crippen MR) is 99.5 cm³/mol. The molecule has 0 saturated carbocycles. The standard InChI is InChI=1S/C20H28N4O/c1-15(2)11-17-12-19(22-13-17)20(25)24-9-7-23(8-10-24)16(3)18-5-4-6-21-14-18/h4-6,12-16,22H,7-11H2,1-3H3. The number of hydrogen-bond acceptors (Lipinski definition) is 3. The number of H-pyrrole nitrogens is 1. The lowest BCUT2D eigenvalue weighted by molar-refractivity contribution is 0.0577. The van der Waals surface area contributed by atoms with Gasteiger partial charge in [-0.15, -0.1) is 0 Å². The number of hydrogen-bond donors (Lipinski definition) is 1. The van der Waals surface area contributed by atoms with Crippen molar-refractivity contribution in [1.29, 1.82) is 0 Å². The van der Waals surface area contributed by atoms with Crippen LogP contribution in [0.25, 0.3) is 0 Å². The molecule has 1 N–H and O–H groups in total. The fourth-order valence-electron chi connectivity index (χ4n) is 3.47. The molecule has 5 heteroatoms. The van der Waals surface area contributed by atoms with Gasteiger partial charge in [-0.3, -0.25) is 14.7 Å². The molecule has 0 aromatic carbocycles. The first-order valence-corrected chi connectivity index (χ1v) is 9.15.